The van der Waals surface area contributed by atoms with E-state index in [1.807, 2.05) is 10.6 Å². The average molecular weight is 464 g/mol. The summed E-state index contributed by atoms with van der Waals surface area (Å²) in [5.41, 5.74) is 0.601. The maximum atomic E-state index is 12.1. The lowest BCUT2D eigenvalue weighted by Crippen LogP contribution is -2.51. The Hall–Kier alpha value is -3.56. The van der Waals surface area contributed by atoms with Gasteiger partial charge >= 0.3 is 6.03 Å². The summed E-state index contributed by atoms with van der Waals surface area (Å²) in [7, 11) is 1.36. The van der Waals surface area contributed by atoms with Gasteiger partial charge in [-0.2, -0.15) is 0 Å². The van der Waals surface area contributed by atoms with Crippen LogP contribution in [0.4, 0.5) is 10.5 Å². The summed E-state index contributed by atoms with van der Waals surface area (Å²) in [5, 5.41) is 7.21. The van der Waals surface area contributed by atoms with Gasteiger partial charge in [0.2, 0.25) is 0 Å². The molecule has 0 spiro atoms. The van der Waals surface area contributed by atoms with Crippen LogP contribution in [0.25, 0.3) is 6.08 Å². The average Bonchev–Trinajstić information content (AvgIpc) is 2.71. The van der Waals surface area contributed by atoms with Crippen molar-refractivity contribution in [1.82, 2.24) is 10.6 Å². The van der Waals surface area contributed by atoms with Gasteiger partial charge in [-0.3, -0.25) is 25.0 Å². The Kier molecular flexibility index (Phi) is 6.78. The van der Waals surface area contributed by atoms with Crippen molar-refractivity contribution in [3.05, 3.63) is 57.6 Å². The minimum Gasteiger partial charge on any atom is -0.493 e. The van der Waals surface area contributed by atoms with Crippen LogP contribution in [0.1, 0.15) is 5.56 Å². The van der Waals surface area contributed by atoms with E-state index in [2.05, 4.69) is 5.32 Å². The number of halogens is 2. The summed E-state index contributed by atoms with van der Waals surface area (Å²) >= 11 is 12.1. The molecule has 2 aromatic carbocycles. The van der Waals surface area contributed by atoms with E-state index in [9.17, 15) is 19.2 Å². The quantitative estimate of drug-likeness (QED) is 0.447. The Bertz CT molecular complexity index is 1080. The van der Waals surface area contributed by atoms with Gasteiger partial charge < -0.3 is 14.8 Å². The van der Waals surface area contributed by atoms with Crippen LogP contribution < -0.4 is 25.4 Å². The molecule has 11 heteroatoms. The van der Waals surface area contributed by atoms with Gasteiger partial charge in [-0.1, -0.05) is 23.2 Å². The molecule has 1 heterocycles. The molecule has 0 saturated carbocycles. The number of carbonyl (C=O) groups is 4. The molecule has 5 amide bonds. The fourth-order valence-electron chi connectivity index (χ4n) is 2.60. The van der Waals surface area contributed by atoms with Crippen LogP contribution in [0.3, 0.4) is 0 Å². The second-order valence-corrected chi connectivity index (χ2v) is 7.02. The number of hydrogen-bond donors (Lipinski definition) is 3. The number of carbonyl (C=O) groups excluding carboxylic acids is 4. The normalized spacial score (nSPS) is 13.3. The highest BCUT2D eigenvalue weighted by Gasteiger charge is 2.28. The summed E-state index contributed by atoms with van der Waals surface area (Å²) in [5.74, 6) is -1.85. The topological polar surface area (TPSA) is 123 Å². The lowest BCUT2D eigenvalue weighted by Gasteiger charge is -2.15. The molecule has 2 aromatic rings. The fraction of sp³-hybridized carbons (Fsp3) is 0.100. The van der Waals surface area contributed by atoms with Gasteiger partial charge in [-0.05, 0) is 48.0 Å². The first kappa shape index (κ1) is 22.1. The van der Waals surface area contributed by atoms with Crippen LogP contribution in [0.5, 0.6) is 11.5 Å². The van der Waals surface area contributed by atoms with Crippen molar-refractivity contribution in [2.24, 2.45) is 0 Å². The number of ether oxygens (including phenoxy) is 2. The van der Waals surface area contributed by atoms with E-state index in [0.29, 0.717) is 16.3 Å². The Morgan fingerprint density at radius 2 is 1.71 bits per heavy atom. The van der Waals surface area contributed by atoms with Gasteiger partial charge in [0, 0.05) is 10.7 Å². The van der Waals surface area contributed by atoms with Crippen molar-refractivity contribution in [2.75, 3.05) is 19.0 Å². The van der Waals surface area contributed by atoms with Crippen LogP contribution in [-0.2, 0) is 14.4 Å². The van der Waals surface area contributed by atoms with Gasteiger partial charge in [0.15, 0.2) is 18.1 Å². The molecular weight excluding hydrogens is 449 g/mol. The lowest BCUT2D eigenvalue weighted by atomic mass is 10.1. The summed E-state index contributed by atoms with van der Waals surface area (Å²) < 4.78 is 10.7. The molecule has 1 aliphatic heterocycles. The molecule has 0 bridgehead atoms. The molecule has 160 valence electrons. The fourth-order valence-corrected chi connectivity index (χ4v) is 3.00. The molecule has 1 saturated heterocycles. The van der Waals surface area contributed by atoms with E-state index < -0.39 is 23.8 Å². The zero-order valence-corrected chi connectivity index (χ0v) is 17.5. The number of imide groups is 2. The van der Waals surface area contributed by atoms with Crippen molar-refractivity contribution in [3.63, 3.8) is 0 Å². The number of barbiturate groups is 1. The molecule has 0 radical (unpaired) electrons. The van der Waals surface area contributed by atoms with Crippen LogP contribution in [-0.4, -0.2) is 37.5 Å². The molecular formula is C20H15Cl2N3O6. The molecule has 31 heavy (non-hydrogen) atoms. The maximum Gasteiger partial charge on any atom is 0.328 e. The second-order valence-electron chi connectivity index (χ2n) is 6.17. The summed E-state index contributed by atoms with van der Waals surface area (Å²) in [6.07, 6.45) is 1.24. The molecule has 3 N–H and O–H groups in total. The number of amides is 5. The highest BCUT2D eigenvalue weighted by Crippen LogP contribution is 2.37. The van der Waals surface area contributed by atoms with Crippen molar-refractivity contribution in [1.29, 1.82) is 0 Å². The zero-order valence-electron chi connectivity index (χ0n) is 16.0. The predicted octanol–water partition coefficient (Wildman–Crippen LogP) is 2.77. The van der Waals surface area contributed by atoms with E-state index in [-0.39, 0.29) is 28.7 Å². The van der Waals surface area contributed by atoms with Gasteiger partial charge in [-0.25, -0.2) is 4.79 Å². The highest BCUT2D eigenvalue weighted by molar-refractivity contribution is 6.33. The third-order valence-electron chi connectivity index (χ3n) is 3.98. The van der Waals surface area contributed by atoms with Crippen LogP contribution in [0.15, 0.2) is 42.0 Å². The highest BCUT2D eigenvalue weighted by atomic mass is 35.5. The van der Waals surface area contributed by atoms with Gasteiger partial charge in [0.05, 0.1) is 12.1 Å². The zero-order chi connectivity index (χ0) is 22.5. The molecule has 0 aliphatic carbocycles. The maximum absolute atomic E-state index is 12.1. The lowest BCUT2D eigenvalue weighted by molar-refractivity contribution is -0.124. The van der Waals surface area contributed by atoms with E-state index in [1.54, 1.807) is 24.3 Å². The Balaban J connectivity index is 1.75. The number of anilines is 1. The standard InChI is InChI=1S/C20H15Cl2N3O6/c1-30-15-8-10(6-13-18(27)24-20(29)25-19(13)28)7-14(22)17(15)31-9-16(26)23-12-4-2-11(21)3-5-12/h2-8H,9H2,1H3,(H,23,26)(H2,24,25,27,28,29). The summed E-state index contributed by atoms with van der Waals surface area (Å²) in [6, 6.07) is 8.52. The minimum absolute atomic E-state index is 0.0817. The molecule has 1 aliphatic rings. The number of benzene rings is 2. The molecule has 0 atom stereocenters. The number of hydrogen-bond acceptors (Lipinski definition) is 6. The third kappa shape index (κ3) is 5.53. The van der Waals surface area contributed by atoms with Crippen LogP contribution in [0.2, 0.25) is 10.0 Å². The molecule has 3 rings (SSSR count). The van der Waals surface area contributed by atoms with Crippen LogP contribution >= 0.6 is 23.2 Å². The molecule has 0 aromatic heterocycles. The third-order valence-corrected chi connectivity index (χ3v) is 4.51. The molecule has 1 fully saturated rings. The van der Waals surface area contributed by atoms with Crippen molar-refractivity contribution >= 4 is 58.7 Å². The SMILES string of the molecule is COc1cc(C=C2C(=O)NC(=O)NC2=O)cc(Cl)c1OCC(=O)Nc1ccc(Cl)cc1. The van der Waals surface area contributed by atoms with Gasteiger partial charge in [0.25, 0.3) is 17.7 Å². The number of methoxy groups -OCH3 is 1. The monoisotopic (exact) mass is 463 g/mol. The number of rotatable bonds is 6. The smallest absolute Gasteiger partial charge is 0.328 e. The van der Waals surface area contributed by atoms with E-state index >= 15 is 0 Å². The Morgan fingerprint density at radius 3 is 2.32 bits per heavy atom. The first-order valence-corrected chi connectivity index (χ1v) is 9.46. The van der Waals surface area contributed by atoms with Crippen molar-refractivity contribution < 1.29 is 28.7 Å². The van der Waals surface area contributed by atoms with E-state index in [1.165, 1.54) is 25.3 Å². The Morgan fingerprint density at radius 1 is 1.06 bits per heavy atom. The summed E-state index contributed by atoms with van der Waals surface area (Å²) in [4.78, 5) is 47.0. The van der Waals surface area contributed by atoms with E-state index in [0.717, 1.165) is 0 Å². The van der Waals surface area contributed by atoms with Crippen molar-refractivity contribution in [2.45, 2.75) is 0 Å². The first-order valence-electron chi connectivity index (χ1n) is 8.71. The van der Waals surface area contributed by atoms with Crippen LogP contribution in [0, 0.1) is 0 Å². The predicted molar refractivity (Wildman–Crippen MR) is 113 cm³/mol. The van der Waals surface area contributed by atoms with Gasteiger partial charge in [0.1, 0.15) is 5.57 Å². The van der Waals surface area contributed by atoms with Gasteiger partial charge in [-0.15, -0.1) is 0 Å². The number of urea groups is 1. The van der Waals surface area contributed by atoms with Crippen molar-refractivity contribution in [3.8, 4) is 11.5 Å². The largest absolute Gasteiger partial charge is 0.493 e. The number of nitrogens with one attached hydrogen (secondary N) is 3. The molecule has 0 unspecified atom stereocenters. The van der Waals surface area contributed by atoms with E-state index in [4.69, 9.17) is 32.7 Å². The minimum atomic E-state index is -0.900. The first-order chi connectivity index (χ1) is 14.8. The summed E-state index contributed by atoms with van der Waals surface area (Å²) in [6.45, 7) is -0.355. The Labute approximate surface area is 186 Å². The molecule has 9 nitrogen and oxygen atoms in total. The second kappa shape index (κ2) is 9.50.